The second-order valence-corrected chi connectivity index (χ2v) is 6.01. The highest BCUT2D eigenvalue weighted by Crippen LogP contribution is 2.28. The first-order valence-electron chi connectivity index (χ1n) is 7.06. The number of rotatable bonds is 6. The molecule has 0 saturated heterocycles. The quantitative estimate of drug-likeness (QED) is 0.738. The van der Waals surface area contributed by atoms with Crippen molar-refractivity contribution in [3.8, 4) is 5.75 Å². The summed E-state index contributed by atoms with van der Waals surface area (Å²) in [5.41, 5.74) is 4.94. The van der Waals surface area contributed by atoms with E-state index < -0.39 is 30.3 Å². The van der Waals surface area contributed by atoms with E-state index >= 15 is 0 Å². The van der Waals surface area contributed by atoms with Crippen molar-refractivity contribution in [2.45, 2.75) is 38.9 Å². The molecule has 0 fully saturated rings. The van der Waals surface area contributed by atoms with Crippen LogP contribution in [0.5, 0.6) is 5.75 Å². The second kappa shape index (κ2) is 7.41. The van der Waals surface area contributed by atoms with Gasteiger partial charge in [-0.25, -0.2) is 4.79 Å². The lowest BCUT2D eigenvalue weighted by molar-refractivity contribution is -0.153. The molecule has 0 spiro atoms. The van der Waals surface area contributed by atoms with Gasteiger partial charge in [0.2, 0.25) is 5.91 Å². The van der Waals surface area contributed by atoms with Crippen LogP contribution in [0.3, 0.4) is 0 Å². The van der Waals surface area contributed by atoms with E-state index in [1.165, 1.54) is 12.1 Å². The Balaban J connectivity index is 2.83. The number of hydrogen-bond acceptors (Lipinski definition) is 3. The molecule has 0 aliphatic heterocycles. The number of hydrogen-bond donors (Lipinski definition) is 3. The van der Waals surface area contributed by atoms with Crippen molar-refractivity contribution in [1.29, 1.82) is 0 Å². The molecule has 6 nitrogen and oxygen atoms in total. The van der Waals surface area contributed by atoms with E-state index in [-0.39, 0.29) is 17.9 Å². The lowest BCUT2D eigenvalue weighted by atomic mass is 10.0. The molecule has 1 rings (SSSR count). The molecular formula is C15H20F3N3O3. The fourth-order valence-electron chi connectivity index (χ4n) is 1.95. The van der Waals surface area contributed by atoms with Gasteiger partial charge in [-0.2, -0.15) is 13.2 Å². The molecule has 0 aliphatic rings. The van der Waals surface area contributed by atoms with Crippen molar-refractivity contribution in [3.05, 3.63) is 23.8 Å². The maximum Gasteiger partial charge on any atom is 0.422 e. The molecule has 0 heterocycles. The van der Waals surface area contributed by atoms with Crippen LogP contribution in [0, 0.1) is 6.92 Å². The van der Waals surface area contributed by atoms with Gasteiger partial charge >= 0.3 is 12.2 Å². The molecule has 1 aromatic rings. The normalized spacial score (nSPS) is 11.8. The third-order valence-electron chi connectivity index (χ3n) is 2.84. The average molecular weight is 347 g/mol. The van der Waals surface area contributed by atoms with E-state index in [1.807, 2.05) is 0 Å². The van der Waals surface area contributed by atoms with Gasteiger partial charge in [0.05, 0.1) is 5.69 Å². The van der Waals surface area contributed by atoms with Crippen LogP contribution in [0.4, 0.5) is 23.7 Å². The highest BCUT2D eigenvalue weighted by Gasteiger charge is 2.29. The van der Waals surface area contributed by atoms with Gasteiger partial charge in [-0.15, -0.1) is 0 Å². The minimum Gasteiger partial charge on any atom is -0.482 e. The largest absolute Gasteiger partial charge is 0.482 e. The molecule has 3 amide bonds. The Morgan fingerprint density at radius 2 is 1.88 bits per heavy atom. The third kappa shape index (κ3) is 7.21. The molecular weight excluding hydrogens is 327 g/mol. The molecule has 0 bridgehead atoms. The van der Waals surface area contributed by atoms with Crippen molar-refractivity contribution < 1.29 is 27.5 Å². The van der Waals surface area contributed by atoms with E-state index in [1.54, 1.807) is 26.8 Å². The number of amides is 3. The minimum atomic E-state index is -4.49. The number of carbonyl (C=O) groups is 2. The summed E-state index contributed by atoms with van der Waals surface area (Å²) in [6.45, 7) is 3.39. The van der Waals surface area contributed by atoms with Crippen LogP contribution < -0.4 is 21.1 Å². The number of aryl methyl sites for hydroxylation is 1. The Kier molecular flexibility index (Phi) is 6.05. The van der Waals surface area contributed by atoms with E-state index in [4.69, 9.17) is 10.5 Å². The Hall–Kier alpha value is -2.45. The third-order valence-corrected chi connectivity index (χ3v) is 2.84. The Labute approximate surface area is 137 Å². The fraction of sp³-hybridized carbons (Fsp3) is 0.467. The molecule has 0 aromatic heterocycles. The summed E-state index contributed by atoms with van der Waals surface area (Å²) in [5.74, 6) is -0.694. The maximum atomic E-state index is 12.3. The minimum absolute atomic E-state index is 0.0808. The number of anilines is 1. The Morgan fingerprint density at radius 1 is 1.25 bits per heavy atom. The molecule has 1 aromatic carbocycles. The van der Waals surface area contributed by atoms with E-state index in [2.05, 4.69) is 10.6 Å². The lowest BCUT2D eigenvalue weighted by Gasteiger charge is -2.25. The van der Waals surface area contributed by atoms with Crippen molar-refractivity contribution in [2.75, 3.05) is 11.9 Å². The first kappa shape index (κ1) is 19.6. The van der Waals surface area contributed by atoms with Gasteiger partial charge in [0.15, 0.2) is 6.61 Å². The molecule has 0 unspecified atom stereocenters. The van der Waals surface area contributed by atoms with Crippen molar-refractivity contribution >= 4 is 17.6 Å². The number of benzene rings is 1. The standard InChI is InChI=1S/C15H20F3N3O3/c1-9-4-5-10(11(6-9)24-8-15(16,17)18)20-13(23)21-14(2,3)7-12(19)22/h4-6H,7-8H2,1-3H3,(H2,19,22)(H2,20,21,23). The highest BCUT2D eigenvalue weighted by atomic mass is 19.4. The summed E-state index contributed by atoms with van der Waals surface area (Å²) >= 11 is 0. The number of ether oxygens (including phenoxy) is 1. The first-order chi connectivity index (χ1) is 10.9. The van der Waals surface area contributed by atoms with E-state index in [9.17, 15) is 22.8 Å². The fourth-order valence-corrected chi connectivity index (χ4v) is 1.95. The van der Waals surface area contributed by atoms with E-state index in [0.717, 1.165) is 0 Å². The van der Waals surface area contributed by atoms with Crippen LogP contribution >= 0.6 is 0 Å². The summed E-state index contributed by atoms with van der Waals surface area (Å²) in [6, 6.07) is 3.74. The van der Waals surface area contributed by atoms with Crippen molar-refractivity contribution in [1.82, 2.24) is 5.32 Å². The van der Waals surface area contributed by atoms with Gasteiger partial charge in [0.1, 0.15) is 5.75 Å². The monoisotopic (exact) mass is 347 g/mol. The Bertz CT molecular complexity index is 616. The molecule has 0 saturated carbocycles. The van der Waals surface area contributed by atoms with Crippen LogP contribution in [0.1, 0.15) is 25.8 Å². The smallest absolute Gasteiger partial charge is 0.422 e. The second-order valence-electron chi connectivity index (χ2n) is 6.01. The zero-order valence-electron chi connectivity index (χ0n) is 13.6. The van der Waals surface area contributed by atoms with Crippen molar-refractivity contribution in [2.24, 2.45) is 5.73 Å². The van der Waals surface area contributed by atoms with Gasteiger partial charge < -0.3 is 21.1 Å². The SMILES string of the molecule is Cc1ccc(NC(=O)NC(C)(C)CC(N)=O)c(OCC(F)(F)F)c1. The number of urea groups is 1. The van der Waals surface area contributed by atoms with Crippen LogP contribution in [0.2, 0.25) is 0 Å². The summed E-state index contributed by atoms with van der Waals surface area (Å²) in [5, 5.41) is 4.93. The molecule has 134 valence electrons. The zero-order valence-corrected chi connectivity index (χ0v) is 13.6. The zero-order chi connectivity index (χ0) is 18.5. The molecule has 4 N–H and O–H groups in total. The highest BCUT2D eigenvalue weighted by molar-refractivity contribution is 5.91. The summed E-state index contributed by atoms with van der Waals surface area (Å²) in [6.07, 6.45) is -4.58. The molecule has 0 aliphatic carbocycles. The predicted octanol–water partition coefficient (Wildman–Crippen LogP) is 2.71. The van der Waals surface area contributed by atoms with Crippen LogP contribution in [0.25, 0.3) is 0 Å². The molecule has 0 atom stereocenters. The van der Waals surface area contributed by atoms with Crippen LogP contribution in [-0.4, -0.2) is 30.3 Å². The van der Waals surface area contributed by atoms with Gasteiger partial charge in [-0.3, -0.25) is 4.79 Å². The van der Waals surface area contributed by atoms with Gasteiger partial charge in [0.25, 0.3) is 0 Å². The number of carbonyl (C=O) groups excluding carboxylic acids is 2. The molecule has 0 radical (unpaired) electrons. The number of halogens is 3. The number of primary amides is 1. The van der Waals surface area contributed by atoms with Crippen LogP contribution in [0.15, 0.2) is 18.2 Å². The van der Waals surface area contributed by atoms with Crippen molar-refractivity contribution in [3.63, 3.8) is 0 Å². The average Bonchev–Trinajstić information content (AvgIpc) is 2.35. The molecule has 24 heavy (non-hydrogen) atoms. The predicted molar refractivity (Wildman–Crippen MR) is 82.8 cm³/mol. The summed E-state index contributed by atoms with van der Waals surface area (Å²) < 4.78 is 41.7. The summed E-state index contributed by atoms with van der Waals surface area (Å²) in [7, 11) is 0. The van der Waals surface area contributed by atoms with Gasteiger partial charge in [0, 0.05) is 12.0 Å². The number of nitrogens with two attached hydrogens (primary N) is 1. The number of nitrogens with one attached hydrogen (secondary N) is 2. The Morgan fingerprint density at radius 3 is 2.42 bits per heavy atom. The maximum absolute atomic E-state index is 12.3. The lowest BCUT2D eigenvalue weighted by Crippen LogP contribution is -2.47. The van der Waals surface area contributed by atoms with E-state index in [0.29, 0.717) is 5.56 Å². The molecule has 9 heteroatoms. The van der Waals surface area contributed by atoms with Gasteiger partial charge in [-0.1, -0.05) is 6.07 Å². The summed E-state index contributed by atoms with van der Waals surface area (Å²) in [4.78, 5) is 22.9. The topological polar surface area (TPSA) is 93.5 Å². The van der Waals surface area contributed by atoms with Crippen LogP contribution in [-0.2, 0) is 4.79 Å². The first-order valence-corrected chi connectivity index (χ1v) is 7.06. The number of alkyl halides is 3. The van der Waals surface area contributed by atoms with Gasteiger partial charge in [-0.05, 0) is 38.5 Å².